The third kappa shape index (κ3) is 2.09. The molecule has 2 heteroatoms. The molecule has 0 bridgehead atoms. The second-order valence-corrected chi connectivity index (χ2v) is 2.61. The average Bonchev–Trinajstić information content (AvgIpc) is 2.06. The van der Waals surface area contributed by atoms with Crippen molar-refractivity contribution in [3.8, 4) is 0 Å². The molecule has 0 aromatic heterocycles. The van der Waals surface area contributed by atoms with Gasteiger partial charge in [-0.3, -0.25) is 0 Å². The van der Waals surface area contributed by atoms with Crippen LogP contribution in [0.5, 0.6) is 0 Å². The van der Waals surface area contributed by atoms with Crippen LogP contribution in [-0.4, -0.2) is 11.1 Å². The van der Waals surface area contributed by atoms with Gasteiger partial charge in [-0.25, -0.2) is 4.79 Å². The van der Waals surface area contributed by atoms with Crippen molar-refractivity contribution in [2.45, 2.75) is 12.8 Å². The van der Waals surface area contributed by atoms with Gasteiger partial charge in [0.15, 0.2) is 0 Å². The zero-order valence-corrected chi connectivity index (χ0v) is 6.79. The average molecular weight is 163 g/mol. The zero-order chi connectivity index (χ0) is 8.97. The molecular formula is C10H11O2. The molecule has 0 unspecified atom stereocenters. The first kappa shape index (κ1) is 8.78. The van der Waals surface area contributed by atoms with Crippen LogP contribution in [0.2, 0.25) is 0 Å². The summed E-state index contributed by atoms with van der Waals surface area (Å²) in [6.45, 7) is 3.72. The summed E-state index contributed by atoms with van der Waals surface area (Å²) in [7, 11) is 0. The van der Waals surface area contributed by atoms with E-state index in [1.54, 1.807) is 12.1 Å². The molecule has 0 atom stereocenters. The van der Waals surface area contributed by atoms with E-state index < -0.39 is 5.97 Å². The van der Waals surface area contributed by atoms with Gasteiger partial charge >= 0.3 is 5.97 Å². The molecule has 0 aliphatic rings. The summed E-state index contributed by atoms with van der Waals surface area (Å²) < 4.78 is 0. The second-order valence-electron chi connectivity index (χ2n) is 2.61. The molecule has 1 aromatic rings. The molecule has 63 valence electrons. The molecule has 0 aliphatic carbocycles. The van der Waals surface area contributed by atoms with E-state index in [0.717, 1.165) is 18.4 Å². The Bertz CT molecular complexity index is 262. The van der Waals surface area contributed by atoms with Gasteiger partial charge in [0, 0.05) is 0 Å². The van der Waals surface area contributed by atoms with E-state index in [1.165, 1.54) is 0 Å². The summed E-state index contributed by atoms with van der Waals surface area (Å²) in [5, 5.41) is 8.59. The largest absolute Gasteiger partial charge is 0.478 e. The molecule has 0 amide bonds. The first-order valence-electron chi connectivity index (χ1n) is 3.85. The molecule has 0 saturated heterocycles. The van der Waals surface area contributed by atoms with Gasteiger partial charge in [0.25, 0.3) is 0 Å². The smallest absolute Gasteiger partial charge is 0.335 e. The topological polar surface area (TPSA) is 37.3 Å². The van der Waals surface area contributed by atoms with Gasteiger partial charge in [-0.2, -0.15) is 0 Å². The van der Waals surface area contributed by atoms with Crippen LogP contribution >= 0.6 is 0 Å². The minimum atomic E-state index is -0.879. The van der Waals surface area contributed by atoms with E-state index in [9.17, 15) is 4.79 Å². The van der Waals surface area contributed by atoms with Crippen LogP contribution in [0.25, 0.3) is 0 Å². The summed E-state index contributed by atoms with van der Waals surface area (Å²) >= 11 is 0. The van der Waals surface area contributed by atoms with E-state index in [4.69, 9.17) is 5.11 Å². The lowest BCUT2D eigenvalue weighted by Gasteiger charge is -1.98. The highest BCUT2D eigenvalue weighted by Crippen LogP contribution is 2.06. The molecule has 0 aliphatic heterocycles. The van der Waals surface area contributed by atoms with Crippen LogP contribution < -0.4 is 0 Å². The van der Waals surface area contributed by atoms with Gasteiger partial charge < -0.3 is 5.11 Å². The fourth-order valence-corrected chi connectivity index (χ4v) is 1.02. The molecule has 0 saturated carbocycles. The molecule has 0 fully saturated rings. The van der Waals surface area contributed by atoms with Gasteiger partial charge in [0.2, 0.25) is 0 Å². The van der Waals surface area contributed by atoms with Crippen LogP contribution in [0, 0.1) is 6.92 Å². The Kier molecular flexibility index (Phi) is 2.86. The van der Waals surface area contributed by atoms with E-state index in [2.05, 4.69) is 6.92 Å². The van der Waals surface area contributed by atoms with Crippen molar-refractivity contribution in [2.24, 2.45) is 0 Å². The highest BCUT2D eigenvalue weighted by Gasteiger charge is 2.00. The van der Waals surface area contributed by atoms with E-state index in [1.807, 2.05) is 12.1 Å². The molecular weight excluding hydrogens is 152 g/mol. The summed E-state index contributed by atoms with van der Waals surface area (Å²) in [6, 6.07) is 6.89. The minimum absolute atomic E-state index is 0.336. The molecule has 1 rings (SSSR count). The van der Waals surface area contributed by atoms with E-state index in [-0.39, 0.29) is 0 Å². The summed E-state index contributed by atoms with van der Waals surface area (Å²) in [6.07, 6.45) is 1.74. The first-order valence-corrected chi connectivity index (χ1v) is 3.85. The predicted molar refractivity (Wildman–Crippen MR) is 47.1 cm³/mol. The Hall–Kier alpha value is -1.31. The highest BCUT2D eigenvalue weighted by atomic mass is 16.4. The number of hydrogen-bond acceptors (Lipinski definition) is 1. The first-order chi connectivity index (χ1) is 5.74. The molecule has 1 radical (unpaired) electrons. The monoisotopic (exact) mass is 163 g/mol. The van der Waals surface area contributed by atoms with Crippen molar-refractivity contribution >= 4 is 5.97 Å². The molecule has 12 heavy (non-hydrogen) atoms. The summed E-state index contributed by atoms with van der Waals surface area (Å²) in [5.74, 6) is -0.879. The van der Waals surface area contributed by atoms with Gasteiger partial charge in [-0.05, 0) is 30.5 Å². The Morgan fingerprint density at radius 2 is 1.92 bits per heavy atom. The number of carbonyl (C=O) groups is 1. The molecule has 0 heterocycles. The third-order valence-electron chi connectivity index (χ3n) is 1.67. The molecule has 2 nitrogen and oxygen atoms in total. The Morgan fingerprint density at radius 3 is 2.33 bits per heavy atom. The fraction of sp³-hybridized carbons (Fsp3) is 0.200. The summed E-state index contributed by atoms with van der Waals surface area (Å²) in [5.41, 5.74) is 1.47. The Morgan fingerprint density at radius 1 is 1.33 bits per heavy atom. The van der Waals surface area contributed by atoms with Gasteiger partial charge in [0.1, 0.15) is 0 Å². The number of aromatic carboxylic acids is 1. The van der Waals surface area contributed by atoms with Crippen molar-refractivity contribution in [1.82, 2.24) is 0 Å². The lowest BCUT2D eigenvalue weighted by atomic mass is 10.1. The van der Waals surface area contributed by atoms with Gasteiger partial charge in [-0.1, -0.05) is 19.1 Å². The number of aryl methyl sites for hydroxylation is 1. The maximum atomic E-state index is 10.5. The maximum absolute atomic E-state index is 10.5. The predicted octanol–water partition coefficient (Wildman–Crippen LogP) is 2.15. The lowest BCUT2D eigenvalue weighted by Crippen LogP contribution is -1.95. The van der Waals surface area contributed by atoms with Crippen LogP contribution in [0.15, 0.2) is 24.3 Å². The van der Waals surface area contributed by atoms with Crippen molar-refractivity contribution in [3.63, 3.8) is 0 Å². The van der Waals surface area contributed by atoms with E-state index >= 15 is 0 Å². The van der Waals surface area contributed by atoms with E-state index in [0.29, 0.717) is 5.56 Å². The van der Waals surface area contributed by atoms with Crippen molar-refractivity contribution in [2.75, 3.05) is 0 Å². The third-order valence-corrected chi connectivity index (χ3v) is 1.67. The SMILES string of the molecule is [CH2]CCc1ccc(C(=O)O)cc1. The lowest BCUT2D eigenvalue weighted by molar-refractivity contribution is 0.0697. The number of benzene rings is 1. The Balaban J connectivity index is 2.78. The van der Waals surface area contributed by atoms with Crippen LogP contribution in [0.4, 0.5) is 0 Å². The number of carboxylic acid groups (broad SMARTS) is 1. The standard InChI is InChI=1S/C10H11O2/c1-2-3-8-4-6-9(7-5-8)10(11)12/h4-7H,1-3H2,(H,11,12). The normalized spacial score (nSPS) is 9.75. The second kappa shape index (κ2) is 3.90. The van der Waals surface area contributed by atoms with Crippen LogP contribution in [0.3, 0.4) is 0 Å². The number of carboxylic acids is 1. The van der Waals surface area contributed by atoms with Gasteiger partial charge in [-0.15, -0.1) is 0 Å². The zero-order valence-electron chi connectivity index (χ0n) is 6.79. The molecule has 0 spiro atoms. The minimum Gasteiger partial charge on any atom is -0.478 e. The van der Waals surface area contributed by atoms with Crippen LogP contribution in [-0.2, 0) is 6.42 Å². The van der Waals surface area contributed by atoms with Crippen molar-refractivity contribution < 1.29 is 9.90 Å². The Labute approximate surface area is 71.8 Å². The number of rotatable bonds is 3. The molecule has 1 N–H and O–H groups in total. The van der Waals surface area contributed by atoms with Gasteiger partial charge in [0.05, 0.1) is 5.56 Å². The maximum Gasteiger partial charge on any atom is 0.335 e. The highest BCUT2D eigenvalue weighted by molar-refractivity contribution is 5.87. The molecule has 1 aromatic carbocycles. The quantitative estimate of drug-likeness (QED) is 0.741. The van der Waals surface area contributed by atoms with Crippen molar-refractivity contribution in [1.29, 1.82) is 0 Å². The number of hydrogen-bond donors (Lipinski definition) is 1. The fourth-order valence-electron chi connectivity index (χ4n) is 1.02. The van der Waals surface area contributed by atoms with Crippen LogP contribution in [0.1, 0.15) is 22.3 Å². The van der Waals surface area contributed by atoms with Crippen molar-refractivity contribution in [3.05, 3.63) is 42.3 Å². The summed E-state index contributed by atoms with van der Waals surface area (Å²) in [4.78, 5) is 10.5.